The average Bonchev–Trinajstić information content (AvgIpc) is 3.15. The van der Waals surface area contributed by atoms with Crippen LogP contribution >= 0.6 is 11.3 Å². The van der Waals surface area contributed by atoms with Crippen molar-refractivity contribution < 1.29 is 27.5 Å². The molecular weight excluding hydrogens is 442 g/mol. The fraction of sp³-hybridized carbons (Fsp3) is 0.250. The number of nitrogens with zero attached hydrogens (tertiary/aromatic N) is 2. The highest BCUT2D eigenvalue weighted by molar-refractivity contribution is 7.89. The largest absolute Gasteiger partial charge is 0.426 e. The molecule has 11 heteroatoms. The summed E-state index contributed by atoms with van der Waals surface area (Å²) in [5, 5.41) is 2.99. The molecule has 1 fully saturated rings. The van der Waals surface area contributed by atoms with E-state index in [1.54, 1.807) is 24.3 Å². The van der Waals surface area contributed by atoms with E-state index in [1.165, 1.54) is 29.4 Å². The van der Waals surface area contributed by atoms with Gasteiger partial charge in [-0.2, -0.15) is 4.31 Å². The summed E-state index contributed by atoms with van der Waals surface area (Å²) in [6, 6.07) is 11.0. The van der Waals surface area contributed by atoms with Crippen molar-refractivity contribution in [3.05, 3.63) is 48.0 Å². The predicted molar refractivity (Wildman–Crippen MR) is 115 cm³/mol. The van der Waals surface area contributed by atoms with Gasteiger partial charge in [0.1, 0.15) is 5.75 Å². The molecule has 0 atom stereocenters. The molecule has 0 unspecified atom stereocenters. The Balaban J connectivity index is 1.58. The standard InChI is InChI=1S/C20H19N3O6S2/c1-13(24)29-17-5-3-2-4-15(17)19(25)22-20-21-16-7-6-14(12-18(16)30-20)31(26,27)23-8-10-28-11-9-23/h2-7,12H,8-11H2,1H3,(H,21,22,25). The second-order valence-corrected chi connectivity index (χ2v) is 9.68. The van der Waals surface area contributed by atoms with Gasteiger partial charge in [0, 0.05) is 20.0 Å². The normalized spacial score (nSPS) is 15.0. The lowest BCUT2D eigenvalue weighted by molar-refractivity contribution is -0.131. The Morgan fingerprint density at radius 1 is 1.16 bits per heavy atom. The zero-order chi connectivity index (χ0) is 22.0. The molecule has 1 amide bonds. The summed E-state index contributed by atoms with van der Waals surface area (Å²) < 4.78 is 38.1. The smallest absolute Gasteiger partial charge is 0.308 e. The van der Waals surface area contributed by atoms with E-state index in [9.17, 15) is 18.0 Å². The van der Waals surface area contributed by atoms with Crippen molar-refractivity contribution in [3.8, 4) is 5.75 Å². The Hall–Kier alpha value is -2.86. The molecule has 2 aromatic carbocycles. The minimum absolute atomic E-state index is 0.146. The first-order valence-corrected chi connectivity index (χ1v) is 11.7. The van der Waals surface area contributed by atoms with Crippen LogP contribution in [-0.4, -0.2) is 55.9 Å². The summed E-state index contributed by atoms with van der Waals surface area (Å²) in [5.74, 6) is -0.876. The molecule has 1 saturated heterocycles. The second-order valence-electron chi connectivity index (χ2n) is 6.71. The number of aromatic nitrogens is 1. The number of carbonyl (C=O) groups excluding carboxylic acids is 2. The maximum Gasteiger partial charge on any atom is 0.308 e. The van der Waals surface area contributed by atoms with Crippen molar-refractivity contribution in [2.75, 3.05) is 31.6 Å². The summed E-state index contributed by atoms with van der Waals surface area (Å²) in [6.45, 7) is 2.61. The number of para-hydroxylation sites is 1. The summed E-state index contributed by atoms with van der Waals surface area (Å²) in [4.78, 5) is 28.5. The molecular formula is C20H19N3O6S2. The fourth-order valence-electron chi connectivity index (χ4n) is 3.12. The summed E-state index contributed by atoms with van der Waals surface area (Å²) in [5.41, 5.74) is 0.752. The molecule has 0 bridgehead atoms. The lowest BCUT2D eigenvalue weighted by atomic mass is 10.2. The molecule has 9 nitrogen and oxygen atoms in total. The average molecular weight is 462 g/mol. The number of nitrogens with one attached hydrogen (secondary N) is 1. The highest BCUT2D eigenvalue weighted by Gasteiger charge is 2.27. The van der Waals surface area contributed by atoms with Crippen molar-refractivity contribution in [1.29, 1.82) is 0 Å². The Morgan fingerprint density at radius 2 is 1.90 bits per heavy atom. The van der Waals surface area contributed by atoms with Gasteiger partial charge in [-0.3, -0.25) is 14.9 Å². The summed E-state index contributed by atoms with van der Waals surface area (Å²) in [6.07, 6.45) is 0. The van der Waals surface area contributed by atoms with Crippen LogP contribution in [-0.2, 0) is 19.6 Å². The van der Waals surface area contributed by atoms with E-state index in [0.29, 0.717) is 41.7 Å². The number of fused-ring (bicyclic) bond motifs is 1. The van der Waals surface area contributed by atoms with Crippen LogP contribution < -0.4 is 10.1 Å². The monoisotopic (exact) mass is 461 g/mol. The predicted octanol–water partition coefficient (Wildman–Crippen LogP) is 2.49. The minimum atomic E-state index is -3.63. The SMILES string of the molecule is CC(=O)Oc1ccccc1C(=O)Nc1nc2ccc(S(=O)(=O)N3CCOCC3)cc2s1. The number of ether oxygens (including phenoxy) is 2. The highest BCUT2D eigenvalue weighted by atomic mass is 32.2. The maximum atomic E-state index is 12.9. The Morgan fingerprint density at radius 3 is 2.65 bits per heavy atom. The molecule has 4 rings (SSSR count). The zero-order valence-corrected chi connectivity index (χ0v) is 18.2. The van der Waals surface area contributed by atoms with Gasteiger partial charge in [-0.1, -0.05) is 23.5 Å². The number of amides is 1. The molecule has 3 aromatic rings. The number of benzene rings is 2. The molecule has 0 aliphatic carbocycles. The molecule has 162 valence electrons. The molecule has 1 aromatic heterocycles. The number of hydrogen-bond acceptors (Lipinski definition) is 8. The van der Waals surface area contributed by atoms with Gasteiger partial charge in [-0.05, 0) is 30.3 Å². The van der Waals surface area contributed by atoms with Crippen LogP contribution in [0.5, 0.6) is 5.75 Å². The first kappa shape index (κ1) is 21.4. The number of anilines is 1. The number of esters is 1. The lowest BCUT2D eigenvalue weighted by Crippen LogP contribution is -2.40. The van der Waals surface area contributed by atoms with Gasteiger partial charge in [-0.15, -0.1) is 0 Å². The second kappa shape index (κ2) is 8.71. The number of rotatable bonds is 5. The van der Waals surface area contributed by atoms with Crippen molar-refractivity contribution in [2.24, 2.45) is 0 Å². The van der Waals surface area contributed by atoms with E-state index in [-0.39, 0.29) is 16.2 Å². The lowest BCUT2D eigenvalue weighted by Gasteiger charge is -2.25. The van der Waals surface area contributed by atoms with Gasteiger partial charge >= 0.3 is 5.97 Å². The van der Waals surface area contributed by atoms with Crippen molar-refractivity contribution in [1.82, 2.24) is 9.29 Å². The maximum absolute atomic E-state index is 12.9. The van der Waals surface area contributed by atoms with Gasteiger partial charge in [-0.25, -0.2) is 13.4 Å². The van der Waals surface area contributed by atoms with Crippen LogP contribution in [0, 0.1) is 0 Å². The van der Waals surface area contributed by atoms with Crippen molar-refractivity contribution >= 4 is 48.6 Å². The van der Waals surface area contributed by atoms with Crippen LogP contribution in [0.3, 0.4) is 0 Å². The highest BCUT2D eigenvalue weighted by Crippen LogP contribution is 2.30. The van der Waals surface area contributed by atoms with Crippen molar-refractivity contribution in [2.45, 2.75) is 11.8 Å². The molecule has 1 N–H and O–H groups in total. The third-order valence-electron chi connectivity index (χ3n) is 4.57. The molecule has 2 heterocycles. The third kappa shape index (κ3) is 4.59. The van der Waals surface area contributed by atoms with E-state index >= 15 is 0 Å². The Bertz CT molecular complexity index is 1250. The quantitative estimate of drug-likeness (QED) is 0.458. The Labute approximate surface area is 182 Å². The van der Waals surface area contributed by atoms with E-state index < -0.39 is 21.9 Å². The number of sulfonamides is 1. The van der Waals surface area contributed by atoms with Crippen LogP contribution in [0.4, 0.5) is 5.13 Å². The minimum Gasteiger partial charge on any atom is -0.426 e. The first-order valence-electron chi connectivity index (χ1n) is 9.42. The van der Waals surface area contributed by atoms with Gasteiger partial charge in [0.25, 0.3) is 5.91 Å². The molecule has 0 radical (unpaired) electrons. The molecule has 1 aliphatic rings. The van der Waals surface area contributed by atoms with Gasteiger partial charge in [0.15, 0.2) is 5.13 Å². The van der Waals surface area contributed by atoms with Crippen molar-refractivity contribution in [3.63, 3.8) is 0 Å². The number of hydrogen-bond donors (Lipinski definition) is 1. The molecule has 1 aliphatic heterocycles. The number of morpholine rings is 1. The van der Waals surface area contributed by atoms with Gasteiger partial charge in [0.05, 0.1) is 33.9 Å². The van der Waals surface area contributed by atoms with E-state index in [2.05, 4.69) is 10.3 Å². The van der Waals surface area contributed by atoms with E-state index in [4.69, 9.17) is 9.47 Å². The van der Waals surface area contributed by atoms with Crippen LogP contribution in [0.1, 0.15) is 17.3 Å². The number of thiazole rings is 1. The molecule has 31 heavy (non-hydrogen) atoms. The van der Waals surface area contributed by atoms with Gasteiger partial charge < -0.3 is 9.47 Å². The van der Waals surface area contributed by atoms with Crippen LogP contribution in [0.2, 0.25) is 0 Å². The topological polar surface area (TPSA) is 115 Å². The van der Waals surface area contributed by atoms with Crippen LogP contribution in [0.15, 0.2) is 47.4 Å². The summed E-state index contributed by atoms with van der Waals surface area (Å²) in [7, 11) is -3.63. The zero-order valence-electron chi connectivity index (χ0n) is 16.5. The third-order valence-corrected chi connectivity index (χ3v) is 7.40. The first-order chi connectivity index (χ1) is 14.8. The Kier molecular flexibility index (Phi) is 6.01. The molecule has 0 spiro atoms. The fourth-order valence-corrected chi connectivity index (χ4v) is 5.53. The molecule has 0 saturated carbocycles. The summed E-state index contributed by atoms with van der Waals surface area (Å²) >= 11 is 1.16. The van der Waals surface area contributed by atoms with Gasteiger partial charge in [0.2, 0.25) is 10.0 Å². The van der Waals surface area contributed by atoms with E-state index in [1.807, 2.05) is 0 Å². The van der Waals surface area contributed by atoms with E-state index in [0.717, 1.165) is 11.3 Å². The number of carbonyl (C=O) groups is 2. The van der Waals surface area contributed by atoms with Crippen LogP contribution in [0.25, 0.3) is 10.2 Å².